The summed E-state index contributed by atoms with van der Waals surface area (Å²) in [6, 6.07) is 21.5. The largest absolute Gasteiger partial charge is 0.481 e. The summed E-state index contributed by atoms with van der Waals surface area (Å²) in [6.45, 7) is 2.04. The van der Waals surface area contributed by atoms with E-state index < -0.39 is 5.97 Å². The Balaban J connectivity index is 1.60. The first-order valence-corrected chi connectivity index (χ1v) is 12.2. The quantitative estimate of drug-likeness (QED) is 0.378. The molecule has 0 saturated heterocycles. The van der Waals surface area contributed by atoms with Gasteiger partial charge < -0.3 is 5.11 Å². The number of carboxylic acid groups (broad SMARTS) is 1. The zero-order chi connectivity index (χ0) is 24.4. The van der Waals surface area contributed by atoms with E-state index in [1.807, 2.05) is 89.9 Å². The molecule has 0 bridgehead atoms. The van der Waals surface area contributed by atoms with Crippen molar-refractivity contribution < 1.29 is 14.7 Å². The lowest BCUT2D eigenvalue weighted by atomic mass is 9.97. The van der Waals surface area contributed by atoms with Gasteiger partial charge in [0.15, 0.2) is 0 Å². The minimum absolute atomic E-state index is 0.111. The number of amides is 1. The van der Waals surface area contributed by atoms with Gasteiger partial charge in [-0.05, 0) is 30.5 Å². The van der Waals surface area contributed by atoms with Crippen molar-refractivity contribution in [1.29, 1.82) is 0 Å². The molecule has 1 aliphatic rings. The maximum absolute atomic E-state index is 13.1. The first kappa shape index (κ1) is 22.7. The molecule has 2 aromatic heterocycles. The van der Waals surface area contributed by atoms with Crippen LogP contribution in [0.2, 0.25) is 0 Å². The van der Waals surface area contributed by atoms with Crippen LogP contribution in [-0.4, -0.2) is 37.5 Å². The minimum Gasteiger partial charge on any atom is -0.481 e. The second kappa shape index (κ2) is 9.68. The summed E-state index contributed by atoms with van der Waals surface area (Å²) in [5, 5.41) is 22.2. The summed E-state index contributed by atoms with van der Waals surface area (Å²) in [7, 11) is 0. The first-order valence-electron chi connectivity index (χ1n) is 11.4. The number of carbonyl (C=O) groups excluding carboxylic acids is 1. The maximum Gasteiger partial charge on any atom is 0.303 e. The Morgan fingerprint density at radius 3 is 2.49 bits per heavy atom. The molecule has 2 aromatic carbocycles. The summed E-state index contributed by atoms with van der Waals surface area (Å²) in [5.74, 6) is -1.32. The van der Waals surface area contributed by atoms with Gasteiger partial charge in [-0.2, -0.15) is 10.2 Å². The highest BCUT2D eigenvalue weighted by molar-refractivity contribution is 7.12. The molecule has 1 aliphatic heterocycles. The van der Waals surface area contributed by atoms with Crippen LogP contribution in [0.25, 0.3) is 16.9 Å². The number of carbonyl (C=O) groups is 2. The van der Waals surface area contributed by atoms with Gasteiger partial charge in [0.1, 0.15) is 0 Å². The molecule has 1 atom stereocenters. The lowest BCUT2D eigenvalue weighted by molar-refractivity contribution is -0.141. The summed E-state index contributed by atoms with van der Waals surface area (Å²) in [4.78, 5) is 25.3. The molecule has 176 valence electrons. The molecule has 1 unspecified atom stereocenters. The Bertz CT molecular complexity index is 1380. The van der Waals surface area contributed by atoms with Gasteiger partial charge in [0.05, 0.1) is 34.4 Å². The summed E-state index contributed by atoms with van der Waals surface area (Å²) in [6.07, 6.45) is 2.14. The molecular formula is C27H24N4O3S. The van der Waals surface area contributed by atoms with Crippen molar-refractivity contribution >= 4 is 28.9 Å². The van der Waals surface area contributed by atoms with Crippen molar-refractivity contribution in [1.82, 2.24) is 14.8 Å². The summed E-state index contributed by atoms with van der Waals surface area (Å²) in [5.41, 5.74) is 5.47. The highest BCUT2D eigenvalue weighted by atomic mass is 32.1. The fourth-order valence-electron chi connectivity index (χ4n) is 4.18. The van der Waals surface area contributed by atoms with Crippen molar-refractivity contribution in [3.05, 3.63) is 94.3 Å². The fraction of sp³-hybridized carbons (Fsp3) is 0.185. The van der Waals surface area contributed by atoms with Crippen LogP contribution < -0.4 is 0 Å². The number of aliphatic carboxylic acids is 1. The number of nitrogens with zero attached hydrogens (tertiary/aromatic N) is 4. The van der Waals surface area contributed by atoms with E-state index in [9.17, 15) is 9.59 Å². The number of aromatic nitrogens is 2. The predicted molar refractivity (Wildman–Crippen MR) is 136 cm³/mol. The minimum atomic E-state index is -1.01. The number of hydrogen-bond donors (Lipinski definition) is 1. The Morgan fingerprint density at radius 1 is 1.03 bits per heavy atom. The van der Waals surface area contributed by atoms with E-state index in [4.69, 9.17) is 10.2 Å². The maximum atomic E-state index is 13.1. The van der Waals surface area contributed by atoms with Crippen LogP contribution in [0, 0.1) is 6.92 Å². The predicted octanol–water partition coefficient (Wildman–Crippen LogP) is 5.45. The number of hydrazone groups is 1. The molecule has 7 nitrogen and oxygen atoms in total. The van der Waals surface area contributed by atoms with Crippen LogP contribution >= 0.6 is 11.3 Å². The molecule has 5 rings (SSSR count). The van der Waals surface area contributed by atoms with Gasteiger partial charge in [0.25, 0.3) is 0 Å². The molecule has 0 aliphatic carbocycles. The zero-order valence-electron chi connectivity index (χ0n) is 19.2. The molecule has 35 heavy (non-hydrogen) atoms. The van der Waals surface area contributed by atoms with Gasteiger partial charge in [-0.3, -0.25) is 9.59 Å². The molecule has 4 aromatic rings. The molecule has 3 heterocycles. The number of para-hydroxylation sites is 1. The fourth-order valence-corrected chi connectivity index (χ4v) is 4.90. The molecule has 0 saturated carbocycles. The topological polar surface area (TPSA) is 87.8 Å². The van der Waals surface area contributed by atoms with E-state index >= 15 is 0 Å². The average molecular weight is 485 g/mol. The van der Waals surface area contributed by atoms with Crippen LogP contribution in [0.15, 0.2) is 83.4 Å². The molecule has 0 radical (unpaired) electrons. The molecule has 1 N–H and O–H groups in total. The molecule has 0 spiro atoms. The van der Waals surface area contributed by atoms with Gasteiger partial charge in [-0.1, -0.05) is 54.1 Å². The smallest absolute Gasteiger partial charge is 0.303 e. The van der Waals surface area contributed by atoms with Gasteiger partial charge in [0, 0.05) is 30.2 Å². The van der Waals surface area contributed by atoms with Gasteiger partial charge in [-0.15, -0.1) is 11.3 Å². The third kappa shape index (κ3) is 4.79. The third-order valence-electron chi connectivity index (χ3n) is 5.97. The number of aryl methyl sites for hydroxylation is 1. The SMILES string of the molecule is Cc1ccc(-c2nn(-c3ccccc3)cc2C2CC(c3cccs3)=NN2C(=O)CCC(=O)O)cc1. The Labute approximate surface area is 207 Å². The van der Waals surface area contributed by atoms with E-state index in [1.165, 1.54) is 5.01 Å². The molecular weight excluding hydrogens is 460 g/mol. The van der Waals surface area contributed by atoms with Gasteiger partial charge in [0.2, 0.25) is 5.91 Å². The average Bonchev–Trinajstić information content (AvgIpc) is 3.63. The van der Waals surface area contributed by atoms with Gasteiger partial charge >= 0.3 is 5.97 Å². The van der Waals surface area contributed by atoms with Crippen LogP contribution in [0.1, 0.15) is 41.3 Å². The van der Waals surface area contributed by atoms with Crippen LogP contribution in [-0.2, 0) is 9.59 Å². The second-order valence-electron chi connectivity index (χ2n) is 8.46. The third-order valence-corrected chi connectivity index (χ3v) is 6.89. The highest BCUT2D eigenvalue weighted by Crippen LogP contribution is 2.39. The van der Waals surface area contributed by atoms with Crippen molar-refractivity contribution in [2.75, 3.05) is 0 Å². The first-order chi connectivity index (χ1) is 17.0. The molecule has 0 fully saturated rings. The van der Waals surface area contributed by atoms with E-state index in [2.05, 4.69) is 5.10 Å². The molecule has 1 amide bonds. The summed E-state index contributed by atoms with van der Waals surface area (Å²) < 4.78 is 1.83. The number of rotatable bonds is 7. The van der Waals surface area contributed by atoms with Crippen molar-refractivity contribution in [3.63, 3.8) is 0 Å². The van der Waals surface area contributed by atoms with Crippen molar-refractivity contribution in [2.45, 2.75) is 32.2 Å². The second-order valence-corrected chi connectivity index (χ2v) is 9.40. The van der Waals surface area contributed by atoms with Crippen molar-refractivity contribution in [2.24, 2.45) is 5.10 Å². The van der Waals surface area contributed by atoms with E-state index in [1.54, 1.807) is 11.3 Å². The van der Waals surface area contributed by atoms with E-state index in [0.29, 0.717) is 6.42 Å². The van der Waals surface area contributed by atoms with Crippen molar-refractivity contribution in [3.8, 4) is 16.9 Å². The Hall–Kier alpha value is -4.04. The lowest BCUT2D eigenvalue weighted by Crippen LogP contribution is -2.27. The molecule has 8 heteroatoms. The van der Waals surface area contributed by atoms with Crippen LogP contribution in [0.3, 0.4) is 0 Å². The number of carboxylic acids is 1. The summed E-state index contributed by atoms with van der Waals surface area (Å²) >= 11 is 1.57. The Morgan fingerprint density at radius 2 is 1.80 bits per heavy atom. The van der Waals surface area contributed by atoms with E-state index in [0.717, 1.165) is 38.7 Å². The standard InChI is InChI=1S/C27H24N4O3S/c1-18-9-11-19(12-10-18)27-21(17-30(29-27)20-6-3-2-4-7-20)23-16-22(24-8-5-15-35-24)28-31(23)25(32)13-14-26(33)34/h2-12,15,17,23H,13-14,16H2,1H3,(H,33,34). The highest BCUT2D eigenvalue weighted by Gasteiger charge is 2.36. The monoisotopic (exact) mass is 484 g/mol. The lowest BCUT2D eigenvalue weighted by Gasteiger charge is -2.21. The zero-order valence-corrected chi connectivity index (χ0v) is 20.0. The van der Waals surface area contributed by atoms with Crippen LogP contribution in [0.4, 0.5) is 0 Å². The Kier molecular flexibility index (Phi) is 6.29. The van der Waals surface area contributed by atoms with E-state index in [-0.39, 0.29) is 24.8 Å². The normalized spacial score (nSPS) is 15.3. The number of benzene rings is 2. The van der Waals surface area contributed by atoms with Gasteiger partial charge in [-0.25, -0.2) is 9.69 Å². The van der Waals surface area contributed by atoms with Crippen LogP contribution in [0.5, 0.6) is 0 Å². The number of hydrogen-bond acceptors (Lipinski definition) is 5. The number of thiophene rings is 1.